The van der Waals surface area contributed by atoms with Crippen LogP contribution >= 0.6 is 0 Å². The fourth-order valence-electron chi connectivity index (χ4n) is 3.22. The van der Waals surface area contributed by atoms with Gasteiger partial charge in [0.25, 0.3) is 15.9 Å². The van der Waals surface area contributed by atoms with Crippen LogP contribution in [0.15, 0.2) is 71.6 Å². The molecule has 3 aromatic carbocycles. The van der Waals surface area contributed by atoms with Gasteiger partial charge in [-0.25, -0.2) is 8.42 Å². The molecule has 4 rings (SSSR count). The monoisotopic (exact) mass is 468 g/mol. The molecule has 9 heteroatoms. The van der Waals surface area contributed by atoms with Gasteiger partial charge in [-0.1, -0.05) is 0 Å². The maximum absolute atomic E-state index is 12.8. The average Bonchev–Trinajstić information content (AvgIpc) is 3.06. The van der Waals surface area contributed by atoms with Crippen LogP contribution in [-0.4, -0.2) is 34.1 Å². The molecular formula is C24H24N2O6S. The van der Waals surface area contributed by atoms with Crippen molar-refractivity contribution in [2.75, 3.05) is 29.9 Å². The van der Waals surface area contributed by atoms with E-state index in [1.807, 2.05) is 6.92 Å². The Morgan fingerprint density at radius 1 is 0.909 bits per heavy atom. The molecule has 0 atom stereocenters. The van der Waals surface area contributed by atoms with Crippen LogP contribution in [0, 0.1) is 0 Å². The first-order valence-electron chi connectivity index (χ1n) is 10.5. The quantitative estimate of drug-likeness (QED) is 0.536. The smallest absolute Gasteiger partial charge is 0.262 e. The normalized spacial score (nSPS) is 13.0. The number of anilines is 2. The number of hydrogen-bond acceptors (Lipinski definition) is 6. The summed E-state index contributed by atoms with van der Waals surface area (Å²) in [5.74, 6) is 1.34. The van der Waals surface area contributed by atoms with Crippen molar-refractivity contribution in [1.82, 2.24) is 0 Å². The highest BCUT2D eigenvalue weighted by atomic mass is 32.2. The molecule has 172 valence electrons. The molecule has 1 heterocycles. The summed E-state index contributed by atoms with van der Waals surface area (Å²) in [7, 11) is -3.85. The van der Waals surface area contributed by atoms with Crippen LogP contribution in [0.1, 0.15) is 23.7 Å². The van der Waals surface area contributed by atoms with E-state index in [2.05, 4.69) is 10.0 Å². The Balaban J connectivity index is 1.42. The van der Waals surface area contributed by atoms with E-state index < -0.39 is 10.0 Å². The van der Waals surface area contributed by atoms with Gasteiger partial charge in [-0.3, -0.25) is 9.52 Å². The van der Waals surface area contributed by atoms with Gasteiger partial charge in [0.1, 0.15) is 5.75 Å². The van der Waals surface area contributed by atoms with Crippen molar-refractivity contribution in [3.63, 3.8) is 0 Å². The maximum atomic E-state index is 12.8. The number of sulfonamides is 1. The molecule has 0 fully saturated rings. The fourth-order valence-corrected chi connectivity index (χ4v) is 4.29. The molecule has 0 radical (unpaired) electrons. The van der Waals surface area contributed by atoms with Gasteiger partial charge in [-0.05, 0) is 67.6 Å². The summed E-state index contributed by atoms with van der Waals surface area (Å²) in [6.45, 7) is 3.45. The van der Waals surface area contributed by atoms with E-state index >= 15 is 0 Å². The van der Waals surface area contributed by atoms with Crippen molar-refractivity contribution >= 4 is 27.3 Å². The molecule has 0 saturated carbocycles. The van der Waals surface area contributed by atoms with Crippen LogP contribution in [0.5, 0.6) is 17.2 Å². The van der Waals surface area contributed by atoms with E-state index in [4.69, 9.17) is 14.2 Å². The van der Waals surface area contributed by atoms with Crippen LogP contribution in [0.3, 0.4) is 0 Å². The van der Waals surface area contributed by atoms with Crippen molar-refractivity contribution in [1.29, 1.82) is 0 Å². The Kier molecular flexibility index (Phi) is 6.69. The predicted octanol–water partition coefficient (Wildman–Crippen LogP) is 4.30. The van der Waals surface area contributed by atoms with Gasteiger partial charge >= 0.3 is 0 Å². The molecule has 0 saturated heterocycles. The van der Waals surface area contributed by atoms with Gasteiger partial charge in [0.2, 0.25) is 0 Å². The van der Waals surface area contributed by atoms with E-state index in [1.165, 1.54) is 24.3 Å². The second kappa shape index (κ2) is 9.83. The number of hydrogen-bond donors (Lipinski definition) is 2. The highest BCUT2D eigenvalue weighted by Crippen LogP contribution is 2.32. The summed E-state index contributed by atoms with van der Waals surface area (Å²) in [4.78, 5) is 12.6. The second-order valence-electron chi connectivity index (χ2n) is 7.25. The molecule has 1 aliphatic rings. The van der Waals surface area contributed by atoms with E-state index in [0.29, 0.717) is 48.3 Å². The van der Waals surface area contributed by atoms with Crippen molar-refractivity contribution in [2.24, 2.45) is 0 Å². The van der Waals surface area contributed by atoms with Crippen LogP contribution < -0.4 is 24.2 Å². The summed E-state index contributed by atoms with van der Waals surface area (Å²) in [6, 6.07) is 17.7. The van der Waals surface area contributed by atoms with Crippen molar-refractivity contribution in [2.45, 2.75) is 18.2 Å². The van der Waals surface area contributed by atoms with Crippen LogP contribution in [-0.2, 0) is 10.0 Å². The zero-order chi connectivity index (χ0) is 23.3. The van der Waals surface area contributed by atoms with Crippen molar-refractivity contribution < 1.29 is 27.4 Å². The van der Waals surface area contributed by atoms with Gasteiger partial charge in [0.15, 0.2) is 11.5 Å². The lowest BCUT2D eigenvalue weighted by Crippen LogP contribution is -2.14. The third-order valence-electron chi connectivity index (χ3n) is 4.85. The van der Waals surface area contributed by atoms with Gasteiger partial charge in [0.05, 0.1) is 24.7 Å². The fraction of sp³-hybridized carbons (Fsp3) is 0.208. The standard InChI is InChI=1S/C24H24N2O6S/c1-2-30-20-10-8-18(9-11-20)25-24(27)17-4-6-19(7-5-17)26-33(28,29)21-12-13-22-23(16-21)32-15-3-14-31-22/h4-13,16,26H,2-3,14-15H2,1H3,(H,25,27). The molecular weight excluding hydrogens is 444 g/mol. The lowest BCUT2D eigenvalue weighted by molar-refractivity contribution is 0.102. The van der Waals surface area contributed by atoms with Crippen molar-refractivity contribution in [3.05, 3.63) is 72.3 Å². The molecule has 0 bridgehead atoms. The average molecular weight is 469 g/mol. The minimum Gasteiger partial charge on any atom is -0.494 e. The first kappa shape index (κ1) is 22.5. The topological polar surface area (TPSA) is 103 Å². The van der Waals surface area contributed by atoms with E-state index in [0.717, 1.165) is 12.2 Å². The molecule has 8 nitrogen and oxygen atoms in total. The number of rotatable bonds is 7. The highest BCUT2D eigenvalue weighted by Gasteiger charge is 2.19. The largest absolute Gasteiger partial charge is 0.494 e. The number of amides is 1. The molecule has 1 amide bonds. The molecule has 0 spiro atoms. The summed E-state index contributed by atoms with van der Waals surface area (Å²) < 4.78 is 44.6. The minimum absolute atomic E-state index is 0.0593. The van der Waals surface area contributed by atoms with Gasteiger partial charge in [0, 0.05) is 29.4 Å². The number of carbonyl (C=O) groups is 1. The zero-order valence-corrected chi connectivity index (χ0v) is 18.9. The summed E-state index contributed by atoms with van der Waals surface area (Å²) in [6.07, 6.45) is 0.730. The van der Waals surface area contributed by atoms with Crippen LogP contribution in [0.4, 0.5) is 11.4 Å². The lowest BCUT2D eigenvalue weighted by Gasteiger charge is -2.12. The van der Waals surface area contributed by atoms with Gasteiger partial charge < -0.3 is 19.5 Å². The Bertz CT molecular complexity index is 1220. The van der Waals surface area contributed by atoms with Gasteiger partial charge in [-0.2, -0.15) is 0 Å². The van der Waals surface area contributed by atoms with Crippen molar-refractivity contribution in [3.8, 4) is 17.2 Å². The summed E-state index contributed by atoms with van der Waals surface area (Å²) >= 11 is 0. The second-order valence-corrected chi connectivity index (χ2v) is 8.94. The number of nitrogens with one attached hydrogen (secondary N) is 2. The van der Waals surface area contributed by atoms with E-state index in [-0.39, 0.29) is 10.8 Å². The molecule has 0 aliphatic carbocycles. The SMILES string of the molecule is CCOc1ccc(NC(=O)c2ccc(NS(=O)(=O)c3ccc4c(c3)OCCCO4)cc2)cc1. The molecule has 0 unspecified atom stereocenters. The third kappa shape index (κ3) is 5.56. The molecule has 2 N–H and O–H groups in total. The number of ether oxygens (including phenoxy) is 3. The molecule has 3 aromatic rings. The number of carbonyl (C=O) groups excluding carboxylic acids is 1. The first-order valence-corrected chi connectivity index (χ1v) is 12.0. The molecule has 33 heavy (non-hydrogen) atoms. The van der Waals surface area contributed by atoms with Crippen LogP contribution in [0.2, 0.25) is 0 Å². The third-order valence-corrected chi connectivity index (χ3v) is 6.23. The maximum Gasteiger partial charge on any atom is 0.262 e. The minimum atomic E-state index is -3.85. The van der Waals surface area contributed by atoms with Crippen LogP contribution in [0.25, 0.3) is 0 Å². The molecule has 0 aromatic heterocycles. The summed E-state index contributed by atoms with van der Waals surface area (Å²) in [5.41, 5.74) is 1.35. The lowest BCUT2D eigenvalue weighted by atomic mass is 10.2. The van der Waals surface area contributed by atoms with E-state index in [1.54, 1.807) is 42.5 Å². The Morgan fingerprint density at radius 2 is 1.58 bits per heavy atom. The Labute approximate surface area is 192 Å². The number of fused-ring (bicyclic) bond motifs is 1. The molecule has 1 aliphatic heterocycles. The zero-order valence-electron chi connectivity index (χ0n) is 18.0. The van der Waals surface area contributed by atoms with Gasteiger partial charge in [-0.15, -0.1) is 0 Å². The Morgan fingerprint density at radius 3 is 2.27 bits per heavy atom. The first-order chi connectivity index (χ1) is 15.9. The Hall–Kier alpha value is -3.72. The number of benzene rings is 3. The van der Waals surface area contributed by atoms with E-state index in [9.17, 15) is 13.2 Å². The highest BCUT2D eigenvalue weighted by molar-refractivity contribution is 7.92. The summed E-state index contributed by atoms with van der Waals surface area (Å²) in [5, 5.41) is 2.80. The predicted molar refractivity (Wildman–Crippen MR) is 125 cm³/mol.